The van der Waals surface area contributed by atoms with E-state index in [0.717, 1.165) is 18.9 Å². The number of benzene rings is 1. The molecule has 0 heterocycles. The molecule has 0 saturated carbocycles. The van der Waals surface area contributed by atoms with Crippen molar-refractivity contribution in [3.8, 4) is 5.75 Å². The van der Waals surface area contributed by atoms with Crippen molar-refractivity contribution in [1.82, 2.24) is 0 Å². The molecule has 5 heteroatoms. The van der Waals surface area contributed by atoms with Crippen molar-refractivity contribution in [3.63, 3.8) is 0 Å². The van der Waals surface area contributed by atoms with E-state index >= 15 is 0 Å². The molecule has 0 unspecified atom stereocenters. The summed E-state index contributed by atoms with van der Waals surface area (Å²) in [5.74, 6) is -0.624. The topological polar surface area (TPSA) is 61.5 Å². The zero-order chi connectivity index (χ0) is 12.7. The van der Waals surface area contributed by atoms with Crippen molar-refractivity contribution in [3.05, 3.63) is 24.0 Å². The van der Waals surface area contributed by atoms with Gasteiger partial charge in [0, 0.05) is 6.07 Å². The number of nitrogens with two attached hydrogens (primary N) is 1. The van der Waals surface area contributed by atoms with Gasteiger partial charge in [0.25, 0.3) is 0 Å². The molecule has 0 fully saturated rings. The first-order chi connectivity index (χ1) is 8.13. The quantitative estimate of drug-likeness (QED) is 0.471. The standard InChI is InChI=1S/C12H16FNO3/c1-2-3-6-16-12(15)8-17-11-5-4-9(13)7-10(11)14/h4-5,7H,2-3,6,8,14H2,1H3. The molecular formula is C12H16FNO3. The molecule has 1 aromatic rings. The fourth-order valence-corrected chi connectivity index (χ4v) is 1.16. The van der Waals surface area contributed by atoms with Crippen LogP contribution in [-0.4, -0.2) is 19.2 Å². The Hall–Kier alpha value is -1.78. The van der Waals surface area contributed by atoms with Crippen LogP contribution in [0.5, 0.6) is 5.75 Å². The predicted octanol–water partition coefficient (Wildman–Crippen LogP) is 2.13. The lowest BCUT2D eigenvalue weighted by Gasteiger charge is -2.08. The van der Waals surface area contributed by atoms with Crippen LogP contribution in [0.2, 0.25) is 0 Å². The van der Waals surface area contributed by atoms with Gasteiger partial charge in [0.15, 0.2) is 6.61 Å². The minimum absolute atomic E-state index is 0.159. The highest BCUT2D eigenvalue weighted by Gasteiger charge is 2.06. The summed E-state index contributed by atoms with van der Waals surface area (Å²) in [7, 11) is 0. The number of nitrogen functional groups attached to an aromatic ring is 1. The van der Waals surface area contributed by atoms with Crippen molar-refractivity contribution in [1.29, 1.82) is 0 Å². The van der Waals surface area contributed by atoms with E-state index in [2.05, 4.69) is 0 Å². The van der Waals surface area contributed by atoms with Crippen LogP contribution in [0.3, 0.4) is 0 Å². The Morgan fingerprint density at radius 1 is 1.47 bits per heavy atom. The fraction of sp³-hybridized carbons (Fsp3) is 0.417. The molecule has 0 spiro atoms. The van der Waals surface area contributed by atoms with Gasteiger partial charge in [-0.15, -0.1) is 0 Å². The van der Waals surface area contributed by atoms with E-state index < -0.39 is 11.8 Å². The Morgan fingerprint density at radius 2 is 2.24 bits per heavy atom. The van der Waals surface area contributed by atoms with Gasteiger partial charge in [-0.05, 0) is 18.6 Å². The Kier molecular flexibility index (Phi) is 5.26. The molecule has 0 atom stereocenters. The maximum Gasteiger partial charge on any atom is 0.344 e. The molecule has 1 aromatic carbocycles. The fourth-order valence-electron chi connectivity index (χ4n) is 1.16. The van der Waals surface area contributed by atoms with Crippen LogP contribution in [0.25, 0.3) is 0 Å². The normalized spacial score (nSPS) is 10.0. The van der Waals surface area contributed by atoms with Crippen LogP contribution in [0, 0.1) is 5.82 Å². The first kappa shape index (κ1) is 13.3. The molecule has 0 aliphatic rings. The number of esters is 1. The SMILES string of the molecule is CCCCOC(=O)COc1ccc(F)cc1N. The molecule has 0 aromatic heterocycles. The summed E-state index contributed by atoms with van der Waals surface area (Å²) in [6.45, 7) is 2.17. The largest absolute Gasteiger partial charge is 0.480 e. The van der Waals surface area contributed by atoms with Crippen molar-refractivity contribution in [2.24, 2.45) is 0 Å². The molecule has 4 nitrogen and oxygen atoms in total. The smallest absolute Gasteiger partial charge is 0.344 e. The third kappa shape index (κ3) is 4.72. The minimum atomic E-state index is -0.456. The van der Waals surface area contributed by atoms with Crippen LogP contribution >= 0.6 is 0 Å². The van der Waals surface area contributed by atoms with Gasteiger partial charge in [0.05, 0.1) is 12.3 Å². The highest BCUT2D eigenvalue weighted by molar-refractivity contribution is 5.71. The molecule has 0 aliphatic carbocycles. The summed E-state index contributed by atoms with van der Waals surface area (Å²) in [6.07, 6.45) is 1.78. The van der Waals surface area contributed by atoms with Crippen molar-refractivity contribution >= 4 is 11.7 Å². The van der Waals surface area contributed by atoms with E-state index in [4.69, 9.17) is 15.2 Å². The summed E-state index contributed by atoms with van der Waals surface area (Å²) in [4.78, 5) is 11.2. The van der Waals surface area contributed by atoms with Gasteiger partial charge in [-0.2, -0.15) is 0 Å². The molecule has 0 amide bonds. The Labute approximate surface area is 99.5 Å². The zero-order valence-electron chi connectivity index (χ0n) is 9.74. The number of carbonyl (C=O) groups is 1. The van der Waals surface area contributed by atoms with E-state index in [9.17, 15) is 9.18 Å². The highest BCUT2D eigenvalue weighted by atomic mass is 19.1. The average molecular weight is 241 g/mol. The van der Waals surface area contributed by atoms with Crippen LogP contribution in [0.4, 0.5) is 10.1 Å². The lowest BCUT2D eigenvalue weighted by Crippen LogP contribution is -2.16. The minimum Gasteiger partial charge on any atom is -0.480 e. The molecule has 0 saturated heterocycles. The van der Waals surface area contributed by atoms with Gasteiger partial charge >= 0.3 is 5.97 Å². The molecule has 0 aliphatic heterocycles. The second-order valence-electron chi connectivity index (χ2n) is 3.54. The van der Waals surface area contributed by atoms with E-state index in [1.807, 2.05) is 6.92 Å². The lowest BCUT2D eigenvalue weighted by atomic mass is 10.3. The third-order valence-electron chi connectivity index (χ3n) is 2.08. The predicted molar refractivity (Wildman–Crippen MR) is 62.2 cm³/mol. The highest BCUT2D eigenvalue weighted by Crippen LogP contribution is 2.21. The van der Waals surface area contributed by atoms with E-state index in [-0.39, 0.29) is 18.0 Å². The third-order valence-corrected chi connectivity index (χ3v) is 2.08. The van der Waals surface area contributed by atoms with Gasteiger partial charge in [0.2, 0.25) is 0 Å². The molecule has 0 bridgehead atoms. The van der Waals surface area contributed by atoms with Gasteiger partial charge < -0.3 is 15.2 Å². The second kappa shape index (κ2) is 6.73. The van der Waals surface area contributed by atoms with Crippen LogP contribution < -0.4 is 10.5 Å². The van der Waals surface area contributed by atoms with Crippen molar-refractivity contribution in [2.45, 2.75) is 19.8 Å². The number of rotatable bonds is 6. The number of hydrogen-bond donors (Lipinski definition) is 1. The monoisotopic (exact) mass is 241 g/mol. The summed E-state index contributed by atoms with van der Waals surface area (Å²) >= 11 is 0. The molecule has 1 rings (SSSR count). The van der Waals surface area contributed by atoms with Crippen LogP contribution in [-0.2, 0) is 9.53 Å². The summed E-state index contributed by atoms with van der Waals surface area (Å²) in [6, 6.07) is 3.73. The molecule has 2 N–H and O–H groups in total. The number of ether oxygens (including phenoxy) is 2. The van der Waals surface area contributed by atoms with Crippen LogP contribution in [0.15, 0.2) is 18.2 Å². The number of hydrogen-bond acceptors (Lipinski definition) is 4. The lowest BCUT2D eigenvalue weighted by molar-refractivity contribution is -0.146. The first-order valence-corrected chi connectivity index (χ1v) is 5.47. The number of halogens is 1. The Balaban J connectivity index is 2.37. The molecular weight excluding hydrogens is 225 g/mol. The number of carbonyl (C=O) groups excluding carboxylic acids is 1. The van der Waals surface area contributed by atoms with Gasteiger partial charge in [-0.25, -0.2) is 9.18 Å². The zero-order valence-corrected chi connectivity index (χ0v) is 9.74. The summed E-state index contributed by atoms with van der Waals surface area (Å²) in [5.41, 5.74) is 5.67. The Bertz CT molecular complexity index is 382. The number of unbranched alkanes of at least 4 members (excludes halogenated alkanes) is 1. The molecule has 17 heavy (non-hydrogen) atoms. The number of anilines is 1. The van der Waals surface area contributed by atoms with E-state index in [1.54, 1.807) is 0 Å². The van der Waals surface area contributed by atoms with E-state index in [1.165, 1.54) is 12.1 Å². The van der Waals surface area contributed by atoms with E-state index in [0.29, 0.717) is 6.61 Å². The average Bonchev–Trinajstić information content (AvgIpc) is 2.28. The molecule has 94 valence electrons. The van der Waals surface area contributed by atoms with Crippen molar-refractivity contribution < 1.29 is 18.7 Å². The summed E-state index contributed by atoms with van der Waals surface area (Å²) < 4.78 is 22.7. The van der Waals surface area contributed by atoms with Crippen LogP contribution in [0.1, 0.15) is 19.8 Å². The maximum absolute atomic E-state index is 12.7. The van der Waals surface area contributed by atoms with Gasteiger partial charge in [-0.3, -0.25) is 0 Å². The maximum atomic E-state index is 12.7. The van der Waals surface area contributed by atoms with Gasteiger partial charge in [-0.1, -0.05) is 13.3 Å². The van der Waals surface area contributed by atoms with Crippen molar-refractivity contribution in [2.75, 3.05) is 18.9 Å². The molecule has 0 radical (unpaired) electrons. The van der Waals surface area contributed by atoms with Gasteiger partial charge in [0.1, 0.15) is 11.6 Å². The Morgan fingerprint density at radius 3 is 2.88 bits per heavy atom. The second-order valence-corrected chi connectivity index (χ2v) is 3.54. The first-order valence-electron chi connectivity index (χ1n) is 5.47. The summed E-state index contributed by atoms with van der Waals surface area (Å²) in [5, 5.41) is 0.